The number of aliphatic hydroxyl groups is 1. The second-order valence-electron chi connectivity index (χ2n) is 11.9. The maximum Gasteiger partial charge on any atom is 0.407 e. The van der Waals surface area contributed by atoms with Crippen molar-refractivity contribution in [3.05, 3.63) is 47.5 Å². The Labute approximate surface area is 248 Å². The molecule has 1 aliphatic heterocycles. The van der Waals surface area contributed by atoms with Gasteiger partial charge in [-0.25, -0.2) is 9.59 Å². The average molecular weight is 584 g/mol. The minimum atomic E-state index is -0.951. The zero-order valence-electron chi connectivity index (χ0n) is 25.5. The Hall–Kier alpha value is -3.66. The summed E-state index contributed by atoms with van der Waals surface area (Å²) in [4.78, 5) is 29.1. The van der Waals surface area contributed by atoms with Gasteiger partial charge in [-0.2, -0.15) is 0 Å². The molecule has 1 atom stereocenters. The quantitative estimate of drug-likeness (QED) is 0.293. The molecular weight excluding hydrogens is 538 g/mol. The van der Waals surface area contributed by atoms with Crippen LogP contribution < -0.4 is 24.4 Å². The number of carbonyl (C=O) groups is 2. The molecule has 2 fully saturated rings. The maximum absolute atomic E-state index is 13.6. The van der Waals surface area contributed by atoms with E-state index in [4.69, 9.17) is 18.9 Å². The molecular formula is C32H45N3O7. The summed E-state index contributed by atoms with van der Waals surface area (Å²) in [5.74, 6) is 2.72. The van der Waals surface area contributed by atoms with Gasteiger partial charge in [-0.1, -0.05) is 25.0 Å². The first-order valence-electron chi connectivity index (χ1n) is 14.8. The van der Waals surface area contributed by atoms with Crippen LogP contribution in [0.25, 0.3) is 0 Å². The molecule has 1 heterocycles. The van der Waals surface area contributed by atoms with Crippen LogP contribution in [0.5, 0.6) is 17.2 Å². The molecule has 1 saturated heterocycles. The Bertz CT molecular complexity index is 1230. The van der Waals surface area contributed by atoms with Crippen LogP contribution in [-0.4, -0.2) is 68.2 Å². The Morgan fingerprint density at radius 1 is 1.05 bits per heavy atom. The van der Waals surface area contributed by atoms with Crippen LogP contribution in [0.1, 0.15) is 70.1 Å². The van der Waals surface area contributed by atoms with Crippen molar-refractivity contribution in [1.29, 1.82) is 0 Å². The number of hydrogen-bond donors (Lipinski definition) is 2. The highest BCUT2D eigenvalue weighted by molar-refractivity contribution is 5.93. The second-order valence-corrected chi connectivity index (χ2v) is 11.9. The zero-order valence-corrected chi connectivity index (χ0v) is 25.5. The molecule has 2 aromatic carbocycles. The highest BCUT2D eigenvalue weighted by Gasteiger charge is 2.29. The van der Waals surface area contributed by atoms with Gasteiger partial charge in [-0.05, 0) is 69.7 Å². The van der Waals surface area contributed by atoms with E-state index in [-0.39, 0.29) is 12.6 Å². The molecule has 1 saturated carbocycles. The number of carbonyl (C=O) groups excluding carboxylic acids is 2. The predicted octanol–water partition coefficient (Wildman–Crippen LogP) is 5.66. The summed E-state index contributed by atoms with van der Waals surface area (Å²) < 4.78 is 22.4. The van der Waals surface area contributed by atoms with Crippen molar-refractivity contribution >= 4 is 17.8 Å². The summed E-state index contributed by atoms with van der Waals surface area (Å²) >= 11 is 0. The van der Waals surface area contributed by atoms with Gasteiger partial charge in [-0.15, -0.1) is 0 Å². The standard InChI is InChI=1S/C32H45N3O7/c1-32(2,3)42-30(37)33-20-26(36)23-11-12-24(28(18-23)40-5)21-34-15-7-16-35(31(34)38)25-13-14-27(39-4)29(19-25)41-17-6-8-22-9-10-22/h11-14,18-19,22,26,36H,6-10,15-17,20-21H2,1-5H3,(H,33,37). The van der Waals surface area contributed by atoms with Gasteiger partial charge in [0.05, 0.1) is 40.0 Å². The Morgan fingerprint density at radius 3 is 2.50 bits per heavy atom. The summed E-state index contributed by atoms with van der Waals surface area (Å²) in [6, 6.07) is 10.9. The fourth-order valence-corrected chi connectivity index (χ4v) is 4.99. The molecule has 2 aromatic rings. The number of benzene rings is 2. The first-order valence-corrected chi connectivity index (χ1v) is 14.8. The topological polar surface area (TPSA) is 110 Å². The maximum atomic E-state index is 13.6. The normalized spacial score (nSPS) is 16.2. The van der Waals surface area contributed by atoms with Crippen LogP contribution in [0.4, 0.5) is 15.3 Å². The van der Waals surface area contributed by atoms with Crippen LogP contribution in [-0.2, 0) is 11.3 Å². The van der Waals surface area contributed by atoms with Gasteiger partial charge in [0.1, 0.15) is 11.4 Å². The van der Waals surface area contributed by atoms with Crippen LogP contribution in [0.2, 0.25) is 0 Å². The predicted molar refractivity (Wildman–Crippen MR) is 160 cm³/mol. The van der Waals surface area contributed by atoms with Crippen molar-refractivity contribution < 1.29 is 33.6 Å². The van der Waals surface area contributed by atoms with E-state index in [9.17, 15) is 14.7 Å². The number of rotatable bonds is 13. The molecule has 2 N–H and O–H groups in total. The molecule has 1 unspecified atom stereocenters. The van der Waals surface area contributed by atoms with Crippen molar-refractivity contribution in [2.75, 3.05) is 45.4 Å². The van der Waals surface area contributed by atoms with E-state index in [0.717, 1.165) is 30.0 Å². The highest BCUT2D eigenvalue weighted by Crippen LogP contribution is 2.36. The zero-order chi connectivity index (χ0) is 30.3. The van der Waals surface area contributed by atoms with Gasteiger partial charge in [-0.3, -0.25) is 4.90 Å². The molecule has 10 nitrogen and oxygen atoms in total. The van der Waals surface area contributed by atoms with E-state index < -0.39 is 17.8 Å². The van der Waals surface area contributed by atoms with Crippen LogP contribution in [0, 0.1) is 5.92 Å². The van der Waals surface area contributed by atoms with E-state index in [2.05, 4.69) is 5.32 Å². The molecule has 4 rings (SSSR count). The lowest BCUT2D eigenvalue weighted by atomic mass is 10.0. The second kappa shape index (κ2) is 14.0. The van der Waals surface area contributed by atoms with Gasteiger partial charge in [0.2, 0.25) is 0 Å². The van der Waals surface area contributed by atoms with Gasteiger partial charge in [0.15, 0.2) is 11.5 Å². The van der Waals surface area contributed by atoms with E-state index in [0.29, 0.717) is 49.1 Å². The lowest BCUT2D eigenvalue weighted by Gasteiger charge is -2.36. The number of anilines is 1. The molecule has 1 aliphatic carbocycles. The third-order valence-electron chi connectivity index (χ3n) is 7.38. The summed E-state index contributed by atoms with van der Waals surface area (Å²) in [6.45, 7) is 7.52. The number of hydrogen-bond acceptors (Lipinski definition) is 7. The van der Waals surface area contributed by atoms with Crippen LogP contribution in [0.15, 0.2) is 36.4 Å². The first-order chi connectivity index (χ1) is 20.1. The van der Waals surface area contributed by atoms with E-state index >= 15 is 0 Å². The summed E-state index contributed by atoms with van der Waals surface area (Å²) in [5, 5.41) is 13.2. The fourth-order valence-electron chi connectivity index (χ4n) is 4.99. The van der Waals surface area contributed by atoms with Gasteiger partial charge < -0.3 is 34.3 Å². The van der Waals surface area contributed by atoms with Crippen molar-refractivity contribution in [2.45, 2.75) is 71.1 Å². The molecule has 3 amide bonds. The molecule has 0 spiro atoms. The number of amides is 3. The summed E-state index contributed by atoms with van der Waals surface area (Å²) in [7, 11) is 3.18. The Balaban J connectivity index is 1.39. The molecule has 42 heavy (non-hydrogen) atoms. The smallest absolute Gasteiger partial charge is 0.407 e. The van der Waals surface area contributed by atoms with Crippen molar-refractivity contribution in [2.24, 2.45) is 5.92 Å². The molecule has 0 radical (unpaired) electrons. The molecule has 230 valence electrons. The number of urea groups is 1. The largest absolute Gasteiger partial charge is 0.496 e. The monoisotopic (exact) mass is 583 g/mol. The number of nitrogens with zero attached hydrogens (tertiary/aromatic N) is 2. The van der Waals surface area contributed by atoms with Crippen molar-refractivity contribution in [3.63, 3.8) is 0 Å². The van der Waals surface area contributed by atoms with Crippen molar-refractivity contribution in [1.82, 2.24) is 10.2 Å². The lowest BCUT2D eigenvalue weighted by Crippen LogP contribution is -2.49. The third-order valence-corrected chi connectivity index (χ3v) is 7.38. The Morgan fingerprint density at radius 2 is 1.81 bits per heavy atom. The van der Waals surface area contributed by atoms with E-state index in [1.807, 2.05) is 24.3 Å². The van der Waals surface area contributed by atoms with E-state index in [1.54, 1.807) is 56.9 Å². The lowest BCUT2D eigenvalue weighted by molar-refractivity contribution is 0.0491. The van der Waals surface area contributed by atoms with Gasteiger partial charge >= 0.3 is 12.1 Å². The molecule has 0 bridgehead atoms. The number of aliphatic hydroxyl groups excluding tert-OH is 1. The minimum Gasteiger partial charge on any atom is -0.496 e. The average Bonchev–Trinajstić information content (AvgIpc) is 3.79. The highest BCUT2D eigenvalue weighted by atomic mass is 16.6. The first kappa shape index (κ1) is 31.3. The molecule has 2 aliphatic rings. The van der Waals surface area contributed by atoms with Crippen LogP contribution >= 0.6 is 0 Å². The molecule has 0 aromatic heterocycles. The fraction of sp³-hybridized carbons (Fsp3) is 0.562. The number of alkyl carbamates (subject to hydrolysis) is 1. The van der Waals surface area contributed by atoms with Gasteiger partial charge in [0, 0.05) is 30.4 Å². The summed E-state index contributed by atoms with van der Waals surface area (Å²) in [6.07, 6.45) is 4.12. The van der Waals surface area contributed by atoms with Gasteiger partial charge in [0.25, 0.3) is 0 Å². The van der Waals surface area contributed by atoms with E-state index in [1.165, 1.54) is 19.3 Å². The minimum absolute atomic E-state index is 0.00886. The SMILES string of the molecule is COc1cc(C(O)CNC(=O)OC(C)(C)C)ccc1CN1CCCN(c2ccc(OC)c(OCCCC3CC3)c2)C1=O. The Kier molecular flexibility index (Phi) is 10.4. The number of ether oxygens (including phenoxy) is 4. The number of methoxy groups -OCH3 is 2. The summed E-state index contributed by atoms with van der Waals surface area (Å²) in [5.41, 5.74) is 1.55. The van der Waals surface area contributed by atoms with Crippen LogP contribution in [0.3, 0.4) is 0 Å². The number of nitrogens with one attached hydrogen (secondary N) is 1. The van der Waals surface area contributed by atoms with Crippen molar-refractivity contribution in [3.8, 4) is 17.2 Å². The third kappa shape index (κ3) is 8.67. The molecule has 10 heteroatoms.